The van der Waals surface area contributed by atoms with Crippen molar-refractivity contribution in [1.29, 1.82) is 0 Å². The molecule has 1 aliphatic rings. The van der Waals surface area contributed by atoms with Gasteiger partial charge in [0, 0.05) is 16.5 Å². The van der Waals surface area contributed by atoms with Gasteiger partial charge >= 0.3 is 0 Å². The molecule has 0 aliphatic heterocycles. The average molecular weight is 337 g/mol. The van der Waals surface area contributed by atoms with Gasteiger partial charge in [0.2, 0.25) is 0 Å². The topological polar surface area (TPSA) is 54.9 Å². The largest absolute Gasteiger partial charge is 0.296 e. The summed E-state index contributed by atoms with van der Waals surface area (Å²) in [5.74, 6) is -0.187. The van der Waals surface area contributed by atoms with Crippen LogP contribution in [0.1, 0.15) is 46.7 Å². The van der Waals surface area contributed by atoms with Crippen LogP contribution < -0.4 is 5.32 Å². The van der Waals surface area contributed by atoms with Crippen LogP contribution in [0, 0.1) is 0 Å². The summed E-state index contributed by atoms with van der Waals surface area (Å²) in [7, 11) is 0. The van der Waals surface area contributed by atoms with Crippen molar-refractivity contribution in [3.8, 4) is 0 Å². The van der Waals surface area contributed by atoms with E-state index in [-0.39, 0.29) is 5.91 Å². The molecule has 0 spiro atoms. The Kier molecular flexibility index (Phi) is 4.26. The standard InChI is InChI=1S/C19H19N3OS/c23-18(17-14-8-6-5-7-13(14)11-12-20-17)22-19-21-15-9-3-1-2-4-10-16(15)24-19/h5-8,11-12H,1-4,9-10H2,(H,21,22,23). The first-order valence-corrected chi connectivity index (χ1v) is 9.26. The van der Waals surface area contributed by atoms with E-state index in [1.807, 2.05) is 30.3 Å². The predicted molar refractivity (Wildman–Crippen MR) is 97.7 cm³/mol. The van der Waals surface area contributed by atoms with E-state index in [1.54, 1.807) is 17.5 Å². The van der Waals surface area contributed by atoms with Crippen molar-refractivity contribution in [1.82, 2.24) is 9.97 Å². The van der Waals surface area contributed by atoms with Gasteiger partial charge in [0.05, 0.1) is 5.69 Å². The van der Waals surface area contributed by atoms with Crippen LogP contribution in [0.15, 0.2) is 36.5 Å². The van der Waals surface area contributed by atoms with Gasteiger partial charge in [-0.3, -0.25) is 15.1 Å². The van der Waals surface area contributed by atoms with Gasteiger partial charge in [0.1, 0.15) is 5.69 Å². The first kappa shape index (κ1) is 15.3. The van der Waals surface area contributed by atoms with Crippen molar-refractivity contribution >= 4 is 33.1 Å². The minimum atomic E-state index is -0.187. The molecule has 0 radical (unpaired) electrons. The summed E-state index contributed by atoms with van der Waals surface area (Å²) in [5, 5.41) is 5.54. The minimum absolute atomic E-state index is 0.187. The van der Waals surface area contributed by atoms with Crippen LogP contribution in [0.5, 0.6) is 0 Å². The zero-order valence-corrected chi connectivity index (χ0v) is 14.2. The number of benzene rings is 1. The van der Waals surface area contributed by atoms with E-state index >= 15 is 0 Å². The number of carbonyl (C=O) groups excluding carboxylic acids is 1. The third kappa shape index (κ3) is 3.04. The molecule has 5 heteroatoms. The summed E-state index contributed by atoms with van der Waals surface area (Å²) in [4.78, 5) is 22.9. The summed E-state index contributed by atoms with van der Waals surface area (Å²) >= 11 is 1.62. The van der Waals surface area contributed by atoms with Crippen LogP contribution in [0.3, 0.4) is 0 Å². The van der Waals surface area contributed by atoms with E-state index in [2.05, 4.69) is 15.3 Å². The highest BCUT2D eigenvalue weighted by molar-refractivity contribution is 7.15. The highest BCUT2D eigenvalue weighted by atomic mass is 32.1. The third-order valence-electron chi connectivity index (χ3n) is 4.45. The SMILES string of the molecule is O=C(Nc1nc2c(s1)CCCCCC2)c1nccc2ccccc12. The van der Waals surface area contributed by atoms with E-state index < -0.39 is 0 Å². The molecule has 2 aromatic heterocycles. The van der Waals surface area contributed by atoms with E-state index in [4.69, 9.17) is 0 Å². The number of carbonyl (C=O) groups is 1. The third-order valence-corrected chi connectivity index (χ3v) is 5.53. The van der Waals surface area contributed by atoms with E-state index in [0.717, 1.165) is 23.6 Å². The van der Waals surface area contributed by atoms with Gasteiger partial charge < -0.3 is 0 Å². The highest BCUT2D eigenvalue weighted by Crippen LogP contribution is 2.29. The number of fused-ring (bicyclic) bond motifs is 2. The maximum absolute atomic E-state index is 12.7. The van der Waals surface area contributed by atoms with Crippen LogP contribution in [0.2, 0.25) is 0 Å². The maximum Gasteiger partial charge on any atom is 0.276 e. The van der Waals surface area contributed by atoms with Gasteiger partial charge in [0.25, 0.3) is 5.91 Å². The summed E-state index contributed by atoms with van der Waals surface area (Å²) in [6.45, 7) is 0. The van der Waals surface area contributed by atoms with Gasteiger partial charge in [-0.1, -0.05) is 37.1 Å². The highest BCUT2D eigenvalue weighted by Gasteiger charge is 2.17. The van der Waals surface area contributed by atoms with Crippen molar-refractivity contribution in [2.75, 3.05) is 5.32 Å². The van der Waals surface area contributed by atoms with Crippen molar-refractivity contribution in [2.24, 2.45) is 0 Å². The van der Waals surface area contributed by atoms with Gasteiger partial charge in [-0.05, 0) is 37.1 Å². The monoisotopic (exact) mass is 337 g/mol. The molecule has 0 atom stereocenters. The van der Waals surface area contributed by atoms with E-state index in [0.29, 0.717) is 10.8 Å². The van der Waals surface area contributed by atoms with Gasteiger partial charge in [-0.25, -0.2) is 4.98 Å². The lowest BCUT2D eigenvalue weighted by molar-refractivity contribution is 0.102. The molecular weight excluding hydrogens is 318 g/mol. The second-order valence-electron chi connectivity index (χ2n) is 6.14. The maximum atomic E-state index is 12.7. The molecule has 1 N–H and O–H groups in total. The normalized spacial score (nSPS) is 14.7. The van der Waals surface area contributed by atoms with Crippen LogP contribution in [-0.4, -0.2) is 15.9 Å². The lowest BCUT2D eigenvalue weighted by Crippen LogP contribution is -2.14. The molecule has 1 amide bonds. The number of hydrogen-bond acceptors (Lipinski definition) is 4. The lowest BCUT2D eigenvalue weighted by atomic mass is 10.0. The number of rotatable bonds is 2. The summed E-state index contributed by atoms with van der Waals surface area (Å²) in [5.41, 5.74) is 1.62. The molecule has 24 heavy (non-hydrogen) atoms. The predicted octanol–water partition coefficient (Wildman–Crippen LogP) is 4.60. The number of hydrogen-bond donors (Lipinski definition) is 1. The molecule has 1 aromatic carbocycles. The van der Waals surface area contributed by atoms with Crippen LogP contribution in [0.25, 0.3) is 10.8 Å². The Labute approximate surface area is 145 Å². The molecule has 0 fully saturated rings. The fraction of sp³-hybridized carbons (Fsp3) is 0.316. The molecular formula is C19H19N3OS. The molecule has 0 saturated carbocycles. The van der Waals surface area contributed by atoms with Gasteiger partial charge in [0.15, 0.2) is 5.13 Å². The summed E-state index contributed by atoms with van der Waals surface area (Å²) in [6, 6.07) is 9.73. The molecule has 122 valence electrons. The van der Waals surface area contributed by atoms with Crippen molar-refractivity contribution in [3.63, 3.8) is 0 Å². The van der Waals surface area contributed by atoms with Crippen molar-refractivity contribution in [2.45, 2.75) is 38.5 Å². The number of pyridine rings is 1. The number of nitrogens with one attached hydrogen (secondary N) is 1. The fourth-order valence-corrected chi connectivity index (χ4v) is 4.26. The first-order valence-electron chi connectivity index (χ1n) is 8.45. The first-order chi connectivity index (χ1) is 11.8. The fourth-order valence-electron chi connectivity index (χ4n) is 3.22. The van der Waals surface area contributed by atoms with Crippen LogP contribution in [0.4, 0.5) is 5.13 Å². The minimum Gasteiger partial charge on any atom is -0.296 e. The second kappa shape index (κ2) is 6.69. The molecule has 2 heterocycles. The Hall–Kier alpha value is -2.27. The number of aromatic nitrogens is 2. The average Bonchev–Trinajstić information content (AvgIpc) is 2.95. The zero-order valence-electron chi connectivity index (χ0n) is 13.4. The zero-order chi connectivity index (χ0) is 16.4. The summed E-state index contributed by atoms with van der Waals surface area (Å²) < 4.78 is 0. The molecule has 3 aromatic rings. The number of nitrogens with zero attached hydrogens (tertiary/aromatic N) is 2. The quantitative estimate of drug-likeness (QED) is 0.743. The number of amides is 1. The molecule has 0 bridgehead atoms. The van der Waals surface area contributed by atoms with Gasteiger partial charge in [-0.2, -0.15) is 0 Å². The molecule has 0 unspecified atom stereocenters. The number of anilines is 1. The molecule has 0 saturated heterocycles. The van der Waals surface area contributed by atoms with E-state index in [9.17, 15) is 4.79 Å². The molecule has 1 aliphatic carbocycles. The summed E-state index contributed by atoms with van der Waals surface area (Å²) in [6.07, 6.45) is 8.75. The lowest BCUT2D eigenvalue weighted by Gasteiger charge is -2.06. The number of thiazole rings is 1. The Bertz CT molecular complexity index is 856. The smallest absolute Gasteiger partial charge is 0.276 e. The molecule has 4 nitrogen and oxygen atoms in total. The van der Waals surface area contributed by atoms with Crippen molar-refractivity contribution in [3.05, 3.63) is 52.8 Å². The Balaban J connectivity index is 1.61. The molecule has 4 rings (SSSR count). The van der Waals surface area contributed by atoms with Crippen LogP contribution in [-0.2, 0) is 12.8 Å². The Morgan fingerprint density at radius 1 is 1.04 bits per heavy atom. The Morgan fingerprint density at radius 2 is 1.88 bits per heavy atom. The Morgan fingerprint density at radius 3 is 2.79 bits per heavy atom. The second-order valence-corrected chi connectivity index (χ2v) is 7.22. The number of aryl methyl sites for hydroxylation is 2. The van der Waals surface area contributed by atoms with Gasteiger partial charge in [-0.15, -0.1) is 11.3 Å². The van der Waals surface area contributed by atoms with Crippen LogP contribution >= 0.6 is 11.3 Å². The van der Waals surface area contributed by atoms with E-state index in [1.165, 1.54) is 36.3 Å². The van der Waals surface area contributed by atoms with Crippen molar-refractivity contribution < 1.29 is 4.79 Å².